The largest absolute Gasteiger partial charge is 0.451 e. The first-order chi connectivity index (χ1) is 13.2. The highest BCUT2D eigenvalue weighted by Gasteiger charge is 2.21. The van der Waals surface area contributed by atoms with Crippen LogP contribution in [-0.2, 0) is 14.3 Å². The predicted molar refractivity (Wildman–Crippen MR) is 107 cm³/mol. The smallest absolute Gasteiger partial charge is 0.359 e. The van der Waals surface area contributed by atoms with Gasteiger partial charge in [-0.1, -0.05) is 52.5 Å². The Morgan fingerprint density at radius 2 is 1.75 bits per heavy atom. The van der Waals surface area contributed by atoms with Gasteiger partial charge in [-0.15, -0.1) is 0 Å². The van der Waals surface area contributed by atoms with Crippen molar-refractivity contribution in [2.45, 2.75) is 6.92 Å². The molecule has 0 radical (unpaired) electrons. The Morgan fingerprint density at radius 3 is 2.39 bits per heavy atom. The summed E-state index contributed by atoms with van der Waals surface area (Å²) in [7, 11) is 1.41. The third-order valence-electron chi connectivity index (χ3n) is 3.58. The third-order valence-corrected chi connectivity index (χ3v) is 4.82. The molecule has 2 aromatic rings. The Morgan fingerprint density at radius 1 is 1.11 bits per heavy atom. The van der Waals surface area contributed by atoms with E-state index < -0.39 is 18.5 Å². The molecule has 0 aliphatic heterocycles. The summed E-state index contributed by atoms with van der Waals surface area (Å²) in [4.78, 5) is 41.0. The van der Waals surface area contributed by atoms with Crippen molar-refractivity contribution in [2.24, 2.45) is 0 Å². The molecule has 0 bridgehead atoms. The fourth-order valence-corrected chi connectivity index (χ4v) is 2.59. The van der Waals surface area contributed by atoms with Crippen molar-refractivity contribution in [1.29, 1.82) is 0 Å². The molecule has 0 saturated carbocycles. The van der Waals surface area contributed by atoms with Crippen LogP contribution < -0.4 is 5.32 Å². The number of halogens is 3. The van der Waals surface area contributed by atoms with Crippen molar-refractivity contribution in [3.8, 4) is 0 Å². The van der Waals surface area contributed by atoms with E-state index in [1.165, 1.54) is 7.05 Å². The maximum atomic E-state index is 12.1. The first-order valence-corrected chi connectivity index (χ1v) is 9.09. The number of ether oxygens (including phenoxy) is 1. The molecule has 0 fully saturated rings. The number of likely N-dealkylation sites (N-methyl/N-ethyl adjacent to an activating group) is 1. The summed E-state index contributed by atoms with van der Waals surface area (Å²) in [5.41, 5.74) is 1.41. The van der Waals surface area contributed by atoms with Gasteiger partial charge >= 0.3 is 5.97 Å². The van der Waals surface area contributed by atoms with E-state index >= 15 is 0 Å². The van der Waals surface area contributed by atoms with E-state index in [1.807, 2.05) is 19.1 Å². The molecule has 1 aromatic heterocycles. The maximum absolute atomic E-state index is 12.1. The molecule has 0 spiro atoms. The van der Waals surface area contributed by atoms with Crippen LogP contribution in [0, 0.1) is 6.92 Å². The number of hydrogen-bond donors (Lipinski definition) is 1. The van der Waals surface area contributed by atoms with Crippen LogP contribution in [0.2, 0.25) is 15.1 Å². The number of hydrogen-bond acceptors (Lipinski definition) is 5. The molecule has 1 N–H and O–H groups in total. The fourth-order valence-electron chi connectivity index (χ4n) is 2.03. The Hall–Kier alpha value is -2.35. The molecule has 0 atom stereocenters. The minimum Gasteiger partial charge on any atom is -0.451 e. The van der Waals surface area contributed by atoms with Crippen LogP contribution >= 0.6 is 34.8 Å². The zero-order chi connectivity index (χ0) is 20.8. The van der Waals surface area contributed by atoms with Gasteiger partial charge in [0.1, 0.15) is 0 Å². The van der Waals surface area contributed by atoms with Gasteiger partial charge in [-0.2, -0.15) is 0 Å². The number of esters is 1. The van der Waals surface area contributed by atoms with Gasteiger partial charge in [0.15, 0.2) is 12.3 Å². The second kappa shape index (κ2) is 9.73. The van der Waals surface area contributed by atoms with Crippen molar-refractivity contribution in [2.75, 3.05) is 25.5 Å². The van der Waals surface area contributed by atoms with Gasteiger partial charge in [0.25, 0.3) is 5.91 Å². The number of anilines is 1. The van der Waals surface area contributed by atoms with E-state index in [0.29, 0.717) is 5.69 Å². The monoisotopic (exact) mass is 443 g/mol. The van der Waals surface area contributed by atoms with Crippen molar-refractivity contribution in [3.05, 3.63) is 56.8 Å². The van der Waals surface area contributed by atoms with E-state index in [1.54, 1.807) is 12.1 Å². The first-order valence-electron chi connectivity index (χ1n) is 7.96. The summed E-state index contributed by atoms with van der Waals surface area (Å²) < 4.78 is 4.89. The standard InChI is InChI=1S/C18H16Cl3N3O4/c1-10-3-5-11(6-4-10)23-13(25)8-24(2)14(26)9-28-18(27)17-16(21)15(20)12(19)7-22-17/h3-7H,8-9H2,1-2H3,(H,23,25). The number of pyridine rings is 1. The summed E-state index contributed by atoms with van der Waals surface area (Å²) in [5, 5.41) is 2.54. The maximum Gasteiger partial charge on any atom is 0.359 e. The normalized spacial score (nSPS) is 10.3. The van der Waals surface area contributed by atoms with E-state index in [-0.39, 0.29) is 33.2 Å². The summed E-state index contributed by atoms with van der Waals surface area (Å²) in [6, 6.07) is 7.22. The lowest BCUT2D eigenvalue weighted by molar-refractivity contribution is -0.136. The SMILES string of the molecule is Cc1ccc(NC(=O)CN(C)C(=O)COC(=O)c2ncc(Cl)c(Cl)c2Cl)cc1. The summed E-state index contributed by atoms with van der Waals surface area (Å²) in [5.74, 6) is -1.90. The number of rotatable bonds is 6. The van der Waals surface area contributed by atoms with Crippen LogP contribution in [-0.4, -0.2) is 47.9 Å². The lowest BCUT2D eigenvalue weighted by Crippen LogP contribution is -2.37. The van der Waals surface area contributed by atoms with Gasteiger partial charge in [0, 0.05) is 18.9 Å². The minimum atomic E-state index is -0.936. The van der Waals surface area contributed by atoms with E-state index in [0.717, 1.165) is 16.7 Å². The molecule has 148 valence electrons. The highest BCUT2D eigenvalue weighted by Crippen LogP contribution is 2.31. The molecule has 0 saturated heterocycles. The van der Waals surface area contributed by atoms with Gasteiger partial charge in [0.2, 0.25) is 5.91 Å². The molecule has 1 heterocycles. The number of carbonyl (C=O) groups excluding carboxylic acids is 3. The zero-order valence-electron chi connectivity index (χ0n) is 15.0. The van der Waals surface area contributed by atoms with Crippen molar-refractivity contribution in [3.63, 3.8) is 0 Å². The average Bonchev–Trinajstić information content (AvgIpc) is 2.65. The number of aromatic nitrogens is 1. The summed E-state index contributed by atoms with van der Waals surface area (Å²) >= 11 is 17.5. The van der Waals surface area contributed by atoms with E-state index in [9.17, 15) is 14.4 Å². The Bertz CT molecular complexity index is 904. The Balaban J connectivity index is 1.86. The summed E-state index contributed by atoms with van der Waals surface area (Å²) in [6.45, 7) is 1.13. The number of nitrogens with one attached hydrogen (secondary N) is 1. The molecule has 28 heavy (non-hydrogen) atoms. The van der Waals surface area contributed by atoms with Crippen molar-refractivity contribution in [1.82, 2.24) is 9.88 Å². The number of amides is 2. The average molecular weight is 445 g/mol. The van der Waals surface area contributed by atoms with Gasteiger partial charge in [-0.05, 0) is 19.1 Å². The molecule has 7 nitrogen and oxygen atoms in total. The van der Waals surface area contributed by atoms with Crippen LogP contribution in [0.1, 0.15) is 16.1 Å². The molecule has 1 aromatic carbocycles. The molecule has 0 aliphatic carbocycles. The Labute approximate surface area is 176 Å². The number of nitrogens with zero attached hydrogens (tertiary/aromatic N) is 2. The van der Waals surface area contributed by atoms with Crippen LogP contribution in [0.4, 0.5) is 5.69 Å². The highest BCUT2D eigenvalue weighted by atomic mass is 35.5. The lowest BCUT2D eigenvalue weighted by atomic mass is 10.2. The van der Waals surface area contributed by atoms with E-state index in [2.05, 4.69) is 10.3 Å². The quantitative estimate of drug-likeness (QED) is 0.688. The predicted octanol–water partition coefficient (Wildman–Crippen LogP) is 3.60. The van der Waals surface area contributed by atoms with E-state index in [4.69, 9.17) is 39.5 Å². The zero-order valence-corrected chi connectivity index (χ0v) is 17.2. The second-order valence-electron chi connectivity index (χ2n) is 5.82. The topological polar surface area (TPSA) is 88.6 Å². The minimum absolute atomic E-state index is 0.0403. The molecule has 2 amide bonds. The molecule has 0 aliphatic rings. The van der Waals surface area contributed by atoms with Crippen LogP contribution in [0.5, 0.6) is 0 Å². The molecule has 0 unspecified atom stereocenters. The van der Waals surface area contributed by atoms with Gasteiger partial charge in [-0.3, -0.25) is 9.59 Å². The Kier molecular flexibility index (Phi) is 7.62. The fraction of sp³-hybridized carbons (Fsp3) is 0.222. The van der Waals surface area contributed by atoms with Gasteiger partial charge in [0.05, 0.1) is 21.6 Å². The summed E-state index contributed by atoms with van der Waals surface area (Å²) in [6.07, 6.45) is 1.15. The first kappa shape index (κ1) is 21.9. The second-order valence-corrected chi connectivity index (χ2v) is 6.99. The van der Waals surface area contributed by atoms with Crippen molar-refractivity contribution < 1.29 is 19.1 Å². The molecule has 10 heteroatoms. The third kappa shape index (κ3) is 5.82. The molecule has 2 rings (SSSR count). The molecular weight excluding hydrogens is 429 g/mol. The van der Waals surface area contributed by atoms with Gasteiger partial charge in [-0.25, -0.2) is 9.78 Å². The van der Waals surface area contributed by atoms with Crippen LogP contribution in [0.25, 0.3) is 0 Å². The number of benzene rings is 1. The van der Waals surface area contributed by atoms with Crippen molar-refractivity contribution >= 4 is 58.3 Å². The molecular formula is C18H16Cl3N3O4. The van der Waals surface area contributed by atoms with Gasteiger partial charge < -0.3 is 15.0 Å². The van der Waals surface area contributed by atoms with Crippen LogP contribution in [0.3, 0.4) is 0 Å². The highest BCUT2D eigenvalue weighted by molar-refractivity contribution is 6.48. The van der Waals surface area contributed by atoms with Crippen LogP contribution in [0.15, 0.2) is 30.5 Å². The number of carbonyl (C=O) groups is 3. The lowest BCUT2D eigenvalue weighted by Gasteiger charge is -2.17. The number of aryl methyl sites for hydroxylation is 1.